The summed E-state index contributed by atoms with van der Waals surface area (Å²) in [5, 5.41) is 10.7. The number of carbonyl (C=O) groups excluding carboxylic acids is 1. The standard InChI is InChI=1S/C10H23N3O3S/c1-9(2)12-6-3-5-10(14)13-7-4-8-17(11,15)16/h9,12H,3-8H2,1-2H3,(H,13,14)(H2,11,15,16). The van der Waals surface area contributed by atoms with Crippen LogP contribution in [-0.2, 0) is 14.8 Å². The summed E-state index contributed by atoms with van der Waals surface area (Å²) in [4.78, 5) is 11.3. The van der Waals surface area contributed by atoms with E-state index in [2.05, 4.69) is 10.6 Å². The van der Waals surface area contributed by atoms with E-state index in [0.717, 1.165) is 13.0 Å². The van der Waals surface area contributed by atoms with Gasteiger partial charge in [0.2, 0.25) is 15.9 Å². The molecular weight excluding hydrogens is 242 g/mol. The van der Waals surface area contributed by atoms with Crippen molar-refractivity contribution < 1.29 is 13.2 Å². The summed E-state index contributed by atoms with van der Waals surface area (Å²) in [7, 11) is -3.41. The third-order valence-corrected chi connectivity index (χ3v) is 2.92. The van der Waals surface area contributed by atoms with Crippen molar-refractivity contribution in [2.75, 3.05) is 18.8 Å². The molecule has 0 aliphatic heterocycles. The zero-order chi connectivity index (χ0) is 13.3. The number of hydrogen-bond acceptors (Lipinski definition) is 4. The van der Waals surface area contributed by atoms with Crippen molar-refractivity contribution in [2.24, 2.45) is 5.14 Å². The SMILES string of the molecule is CC(C)NCCCC(=O)NCCCS(N)(=O)=O. The second-order valence-electron chi connectivity index (χ2n) is 4.28. The van der Waals surface area contributed by atoms with E-state index in [-0.39, 0.29) is 11.7 Å². The van der Waals surface area contributed by atoms with Gasteiger partial charge in [0.05, 0.1) is 5.75 Å². The Morgan fingerprint density at radius 2 is 1.88 bits per heavy atom. The first kappa shape index (κ1) is 16.3. The average Bonchev–Trinajstić information content (AvgIpc) is 2.18. The molecule has 0 atom stereocenters. The summed E-state index contributed by atoms with van der Waals surface area (Å²) >= 11 is 0. The number of sulfonamides is 1. The molecule has 0 heterocycles. The maximum Gasteiger partial charge on any atom is 0.220 e. The van der Waals surface area contributed by atoms with Gasteiger partial charge in [0.15, 0.2) is 0 Å². The molecule has 1 amide bonds. The van der Waals surface area contributed by atoms with Crippen molar-refractivity contribution in [2.45, 2.75) is 39.2 Å². The second kappa shape index (κ2) is 8.43. The van der Waals surface area contributed by atoms with Gasteiger partial charge in [-0.25, -0.2) is 13.6 Å². The van der Waals surface area contributed by atoms with Crippen LogP contribution in [0.25, 0.3) is 0 Å². The molecule has 17 heavy (non-hydrogen) atoms. The second-order valence-corrected chi connectivity index (χ2v) is 6.02. The van der Waals surface area contributed by atoms with Crippen LogP contribution in [0.5, 0.6) is 0 Å². The van der Waals surface area contributed by atoms with Gasteiger partial charge in [-0.15, -0.1) is 0 Å². The van der Waals surface area contributed by atoms with Crippen molar-refractivity contribution in [1.82, 2.24) is 10.6 Å². The van der Waals surface area contributed by atoms with Gasteiger partial charge >= 0.3 is 0 Å². The van der Waals surface area contributed by atoms with Crippen LogP contribution in [0.3, 0.4) is 0 Å². The third-order valence-electron chi connectivity index (χ3n) is 2.06. The topological polar surface area (TPSA) is 101 Å². The number of nitrogens with one attached hydrogen (secondary N) is 2. The van der Waals surface area contributed by atoms with E-state index in [1.807, 2.05) is 13.8 Å². The largest absolute Gasteiger partial charge is 0.356 e. The molecular formula is C10H23N3O3S. The van der Waals surface area contributed by atoms with E-state index in [0.29, 0.717) is 25.4 Å². The average molecular weight is 265 g/mol. The normalized spacial score (nSPS) is 11.8. The third kappa shape index (κ3) is 13.3. The monoisotopic (exact) mass is 265 g/mol. The van der Waals surface area contributed by atoms with E-state index >= 15 is 0 Å². The molecule has 7 heteroatoms. The van der Waals surface area contributed by atoms with Gasteiger partial charge in [-0.3, -0.25) is 4.79 Å². The van der Waals surface area contributed by atoms with E-state index < -0.39 is 10.0 Å². The Morgan fingerprint density at radius 3 is 2.41 bits per heavy atom. The number of amides is 1. The molecule has 0 fully saturated rings. The summed E-state index contributed by atoms with van der Waals surface area (Å²) < 4.78 is 21.2. The summed E-state index contributed by atoms with van der Waals surface area (Å²) in [5.74, 6) is -0.146. The molecule has 0 radical (unpaired) electrons. The minimum Gasteiger partial charge on any atom is -0.356 e. The molecule has 102 valence electrons. The lowest BCUT2D eigenvalue weighted by Crippen LogP contribution is -2.29. The van der Waals surface area contributed by atoms with Gasteiger partial charge in [-0.05, 0) is 19.4 Å². The van der Waals surface area contributed by atoms with E-state index in [9.17, 15) is 13.2 Å². The predicted molar refractivity (Wildman–Crippen MR) is 68.0 cm³/mol. The van der Waals surface area contributed by atoms with Gasteiger partial charge in [-0.2, -0.15) is 0 Å². The van der Waals surface area contributed by atoms with Crippen molar-refractivity contribution in [1.29, 1.82) is 0 Å². The highest BCUT2D eigenvalue weighted by atomic mass is 32.2. The molecule has 0 saturated heterocycles. The van der Waals surface area contributed by atoms with Crippen molar-refractivity contribution in [3.05, 3.63) is 0 Å². The highest BCUT2D eigenvalue weighted by Gasteiger charge is 2.04. The summed E-state index contributed by atoms with van der Waals surface area (Å²) in [6.07, 6.45) is 1.59. The predicted octanol–water partition coefficient (Wildman–Crippen LogP) is -0.441. The molecule has 0 aromatic heterocycles. The van der Waals surface area contributed by atoms with Crippen LogP contribution in [0.2, 0.25) is 0 Å². The molecule has 0 aromatic rings. The number of hydrogen-bond donors (Lipinski definition) is 3. The van der Waals surface area contributed by atoms with Crippen LogP contribution in [0.1, 0.15) is 33.1 Å². The molecule has 0 spiro atoms. The maximum absolute atomic E-state index is 11.3. The van der Waals surface area contributed by atoms with Gasteiger partial charge < -0.3 is 10.6 Å². The van der Waals surface area contributed by atoms with Crippen molar-refractivity contribution >= 4 is 15.9 Å². The Bertz CT molecular complexity index is 315. The van der Waals surface area contributed by atoms with E-state index in [1.54, 1.807) is 0 Å². The highest BCUT2D eigenvalue weighted by molar-refractivity contribution is 7.89. The van der Waals surface area contributed by atoms with Gasteiger partial charge in [-0.1, -0.05) is 13.8 Å². The fraction of sp³-hybridized carbons (Fsp3) is 0.900. The van der Waals surface area contributed by atoms with Crippen LogP contribution >= 0.6 is 0 Å². The van der Waals surface area contributed by atoms with Gasteiger partial charge in [0.1, 0.15) is 0 Å². The van der Waals surface area contributed by atoms with Crippen LogP contribution < -0.4 is 15.8 Å². The minimum absolute atomic E-state index is 0.0509. The zero-order valence-electron chi connectivity index (χ0n) is 10.5. The number of carbonyl (C=O) groups is 1. The van der Waals surface area contributed by atoms with Crippen LogP contribution in [0.4, 0.5) is 0 Å². The summed E-state index contributed by atoms with van der Waals surface area (Å²) in [5.41, 5.74) is 0. The number of rotatable bonds is 9. The zero-order valence-corrected chi connectivity index (χ0v) is 11.3. The lowest BCUT2D eigenvalue weighted by molar-refractivity contribution is -0.121. The first-order valence-corrected chi connectivity index (χ1v) is 7.53. The molecule has 0 rings (SSSR count). The molecule has 0 bridgehead atoms. The van der Waals surface area contributed by atoms with Crippen LogP contribution in [0.15, 0.2) is 0 Å². The van der Waals surface area contributed by atoms with E-state index in [1.165, 1.54) is 0 Å². The van der Waals surface area contributed by atoms with E-state index in [4.69, 9.17) is 5.14 Å². The van der Waals surface area contributed by atoms with Crippen molar-refractivity contribution in [3.63, 3.8) is 0 Å². The van der Waals surface area contributed by atoms with Crippen LogP contribution in [-0.4, -0.2) is 39.2 Å². The molecule has 0 aliphatic rings. The molecule has 6 nitrogen and oxygen atoms in total. The lowest BCUT2D eigenvalue weighted by Gasteiger charge is -2.08. The Labute approximate surface area is 103 Å². The first-order valence-electron chi connectivity index (χ1n) is 5.82. The number of nitrogens with two attached hydrogens (primary N) is 1. The van der Waals surface area contributed by atoms with Gasteiger partial charge in [0.25, 0.3) is 0 Å². The first-order chi connectivity index (χ1) is 7.81. The maximum atomic E-state index is 11.3. The smallest absolute Gasteiger partial charge is 0.220 e. The van der Waals surface area contributed by atoms with Gasteiger partial charge in [0, 0.05) is 19.0 Å². The Hall–Kier alpha value is -0.660. The molecule has 0 aromatic carbocycles. The fourth-order valence-corrected chi connectivity index (χ4v) is 1.78. The molecule has 0 saturated carbocycles. The lowest BCUT2D eigenvalue weighted by atomic mass is 10.2. The van der Waals surface area contributed by atoms with Crippen molar-refractivity contribution in [3.8, 4) is 0 Å². The Kier molecular flexibility index (Phi) is 8.11. The highest BCUT2D eigenvalue weighted by Crippen LogP contribution is 1.90. The molecule has 0 unspecified atom stereocenters. The minimum atomic E-state index is -3.41. The summed E-state index contributed by atoms with van der Waals surface area (Å²) in [6, 6.07) is 0.424. The molecule has 0 aliphatic carbocycles. The quantitative estimate of drug-likeness (QED) is 0.492. The number of primary sulfonamides is 1. The van der Waals surface area contributed by atoms with Crippen LogP contribution in [0, 0.1) is 0 Å². The summed E-state index contributed by atoms with van der Waals surface area (Å²) in [6.45, 7) is 5.26. The molecule has 4 N–H and O–H groups in total. The Morgan fingerprint density at radius 1 is 1.24 bits per heavy atom. The fourth-order valence-electron chi connectivity index (χ4n) is 1.23. The Balaban J connectivity index is 3.41.